The fraction of sp³-hybridized carbons (Fsp3) is 0.308. The number of aldehydes is 1. The molecule has 0 amide bonds. The summed E-state index contributed by atoms with van der Waals surface area (Å²) < 4.78 is 35.8. The number of ether oxygens (including phenoxy) is 1. The van der Waals surface area contributed by atoms with Crippen molar-refractivity contribution in [1.82, 2.24) is 13.9 Å². The minimum atomic E-state index is -3.61. The molecular formula is C26H27N3O4S2. The van der Waals surface area contributed by atoms with Gasteiger partial charge in [-0.25, -0.2) is 13.4 Å². The van der Waals surface area contributed by atoms with Crippen molar-refractivity contribution in [3.63, 3.8) is 0 Å². The van der Waals surface area contributed by atoms with Crippen LogP contribution in [0.5, 0.6) is 5.75 Å². The van der Waals surface area contributed by atoms with E-state index in [0.29, 0.717) is 18.8 Å². The summed E-state index contributed by atoms with van der Waals surface area (Å²) in [4.78, 5) is 16.0. The minimum Gasteiger partial charge on any atom is -0.491 e. The van der Waals surface area contributed by atoms with Gasteiger partial charge in [-0.2, -0.15) is 4.31 Å². The maximum absolute atomic E-state index is 13.3. The molecule has 0 unspecified atom stereocenters. The summed E-state index contributed by atoms with van der Waals surface area (Å²) in [7, 11) is -3.61. The topological polar surface area (TPSA) is 81.5 Å². The van der Waals surface area contributed by atoms with E-state index in [1.807, 2.05) is 36.1 Å². The van der Waals surface area contributed by atoms with E-state index in [9.17, 15) is 13.2 Å². The molecule has 0 saturated carbocycles. The van der Waals surface area contributed by atoms with E-state index in [0.717, 1.165) is 39.7 Å². The summed E-state index contributed by atoms with van der Waals surface area (Å²) >= 11 is 1.57. The van der Waals surface area contributed by atoms with E-state index in [-0.39, 0.29) is 23.5 Å². The van der Waals surface area contributed by atoms with Crippen LogP contribution >= 0.6 is 11.3 Å². The SMILES string of the molecule is CC(C)Oc1ccc(S(=O)(=O)N2CC[C@@H](c3cn(CC=O)c4cc(-c5nccs5)ccc34)C2)cc1. The van der Waals surface area contributed by atoms with Gasteiger partial charge in [0, 0.05) is 53.2 Å². The fourth-order valence-corrected chi connectivity index (χ4v) is 6.82. The molecule has 9 heteroatoms. The molecule has 0 N–H and O–H groups in total. The van der Waals surface area contributed by atoms with Gasteiger partial charge in [0.1, 0.15) is 17.0 Å². The highest BCUT2D eigenvalue weighted by Gasteiger charge is 2.34. The van der Waals surface area contributed by atoms with E-state index in [4.69, 9.17) is 4.74 Å². The Bertz CT molecular complexity index is 1440. The first kappa shape index (κ1) is 23.7. The smallest absolute Gasteiger partial charge is 0.243 e. The Labute approximate surface area is 209 Å². The third-order valence-corrected chi connectivity index (χ3v) is 8.99. The summed E-state index contributed by atoms with van der Waals surface area (Å²) in [6.45, 7) is 4.97. The molecule has 7 nitrogen and oxygen atoms in total. The Kier molecular flexibility index (Phi) is 6.48. The van der Waals surface area contributed by atoms with Gasteiger partial charge in [-0.1, -0.05) is 12.1 Å². The van der Waals surface area contributed by atoms with Gasteiger partial charge in [0.15, 0.2) is 0 Å². The van der Waals surface area contributed by atoms with Gasteiger partial charge in [0.25, 0.3) is 0 Å². The van der Waals surface area contributed by atoms with Crippen LogP contribution in [0.15, 0.2) is 65.1 Å². The Hall–Kier alpha value is -3.01. The maximum atomic E-state index is 13.3. The molecule has 5 rings (SSSR count). The van der Waals surface area contributed by atoms with Crippen LogP contribution in [0.2, 0.25) is 0 Å². The lowest BCUT2D eigenvalue weighted by Gasteiger charge is -2.17. The molecule has 4 aromatic rings. The van der Waals surface area contributed by atoms with Crippen molar-refractivity contribution in [2.45, 2.75) is 43.7 Å². The second-order valence-corrected chi connectivity index (χ2v) is 11.8. The molecule has 0 spiro atoms. The van der Waals surface area contributed by atoms with Crippen LogP contribution < -0.4 is 4.74 Å². The largest absolute Gasteiger partial charge is 0.491 e. The lowest BCUT2D eigenvalue weighted by atomic mass is 9.97. The van der Waals surface area contributed by atoms with Crippen molar-refractivity contribution in [3.05, 3.63) is 65.8 Å². The van der Waals surface area contributed by atoms with Crippen molar-refractivity contribution in [2.24, 2.45) is 0 Å². The molecule has 2 aromatic carbocycles. The predicted octanol–water partition coefficient (Wildman–Crippen LogP) is 4.93. The minimum absolute atomic E-state index is 0.0239. The zero-order valence-electron chi connectivity index (χ0n) is 19.6. The number of hydrogen-bond donors (Lipinski definition) is 0. The first-order valence-electron chi connectivity index (χ1n) is 11.6. The number of carbonyl (C=O) groups is 1. The van der Waals surface area contributed by atoms with Crippen LogP contribution in [-0.4, -0.2) is 47.8 Å². The number of fused-ring (bicyclic) bond motifs is 1. The van der Waals surface area contributed by atoms with Gasteiger partial charge >= 0.3 is 0 Å². The molecule has 35 heavy (non-hydrogen) atoms. The molecule has 182 valence electrons. The number of benzene rings is 2. The first-order chi connectivity index (χ1) is 16.9. The lowest BCUT2D eigenvalue weighted by Crippen LogP contribution is -2.28. The summed E-state index contributed by atoms with van der Waals surface area (Å²) in [6, 6.07) is 12.8. The van der Waals surface area contributed by atoms with Crippen molar-refractivity contribution in [3.8, 4) is 16.3 Å². The van der Waals surface area contributed by atoms with Crippen LogP contribution in [0, 0.1) is 0 Å². The van der Waals surface area contributed by atoms with E-state index < -0.39 is 10.0 Å². The maximum Gasteiger partial charge on any atom is 0.243 e. The highest BCUT2D eigenvalue weighted by molar-refractivity contribution is 7.89. The van der Waals surface area contributed by atoms with Gasteiger partial charge in [-0.15, -0.1) is 11.3 Å². The molecule has 3 heterocycles. The lowest BCUT2D eigenvalue weighted by molar-refractivity contribution is -0.108. The molecule has 2 aromatic heterocycles. The van der Waals surface area contributed by atoms with Gasteiger partial charge in [0.05, 0.1) is 17.5 Å². The van der Waals surface area contributed by atoms with Crippen LogP contribution in [0.1, 0.15) is 31.7 Å². The molecule has 1 aliphatic rings. The molecule has 1 fully saturated rings. The van der Waals surface area contributed by atoms with Crippen LogP contribution in [-0.2, 0) is 21.4 Å². The summed E-state index contributed by atoms with van der Waals surface area (Å²) in [6.07, 6.45) is 5.41. The van der Waals surface area contributed by atoms with E-state index in [2.05, 4.69) is 17.1 Å². The summed E-state index contributed by atoms with van der Waals surface area (Å²) in [5, 5.41) is 3.91. The molecule has 0 radical (unpaired) electrons. The normalized spacial score (nSPS) is 16.8. The van der Waals surface area contributed by atoms with E-state index >= 15 is 0 Å². The number of sulfonamides is 1. The van der Waals surface area contributed by atoms with Gasteiger partial charge in [0.2, 0.25) is 10.0 Å². The number of rotatable bonds is 8. The first-order valence-corrected chi connectivity index (χ1v) is 13.9. The fourth-order valence-electron chi connectivity index (χ4n) is 4.69. The Morgan fingerprint density at radius 3 is 2.69 bits per heavy atom. The Morgan fingerprint density at radius 1 is 1.20 bits per heavy atom. The molecule has 0 bridgehead atoms. The third kappa shape index (κ3) is 4.63. The summed E-state index contributed by atoms with van der Waals surface area (Å²) in [5.41, 5.74) is 3.04. The van der Waals surface area contributed by atoms with E-state index in [1.54, 1.807) is 46.1 Å². The summed E-state index contributed by atoms with van der Waals surface area (Å²) in [5.74, 6) is 0.702. The predicted molar refractivity (Wildman–Crippen MR) is 137 cm³/mol. The van der Waals surface area contributed by atoms with Crippen molar-refractivity contribution < 1.29 is 17.9 Å². The second-order valence-electron chi connectivity index (χ2n) is 8.96. The average Bonchev–Trinajstić information content (AvgIpc) is 3.59. The number of thiazole rings is 1. The van der Waals surface area contributed by atoms with Gasteiger partial charge < -0.3 is 14.1 Å². The highest BCUT2D eigenvalue weighted by Crippen LogP contribution is 2.37. The standard InChI is InChI=1S/C26H27N3O4S2/c1-18(2)33-21-4-6-22(7-5-21)35(31,32)29-11-9-20(16-29)24-17-28(12-13-30)25-15-19(3-8-23(24)25)26-27-10-14-34-26/h3-8,10,13-15,17-18,20H,9,11-12,16H2,1-2H3/t20-/m1/s1. The monoisotopic (exact) mass is 509 g/mol. The van der Waals surface area contributed by atoms with E-state index in [1.165, 1.54) is 0 Å². The molecule has 1 atom stereocenters. The molecule has 1 aliphatic heterocycles. The quantitative estimate of drug-likeness (QED) is 0.315. The van der Waals surface area contributed by atoms with Crippen LogP contribution in [0.4, 0.5) is 0 Å². The third-order valence-electron chi connectivity index (χ3n) is 6.29. The highest BCUT2D eigenvalue weighted by atomic mass is 32.2. The number of carbonyl (C=O) groups excluding carboxylic acids is 1. The molecule has 1 saturated heterocycles. The Balaban J connectivity index is 1.42. The number of hydrogen-bond acceptors (Lipinski definition) is 6. The van der Waals surface area contributed by atoms with Crippen molar-refractivity contribution in [2.75, 3.05) is 13.1 Å². The number of aromatic nitrogens is 2. The second kappa shape index (κ2) is 9.56. The average molecular weight is 510 g/mol. The van der Waals surface area contributed by atoms with Crippen molar-refractivity contribution in [1.29, 1.82) is 0 Å². The molecular weight excluding hydrogens is 482 g/mol. The molecule has 0 aliphatic carbocycles. The van der Waals surface area contributed by atoms with Crippen LogP contribution in [0.25, 0.3) is 21.5 Å². The van der Waals surface area contributed by atoms with Crippen molar-refractivity contribution >= 4 is 38.5 Å². The Morgan fingerprint density at radius 2 is 2.00 bits per heavy atom. The number of nitrogens with zero attached hydrogens (tertiary/aromatic N) is 3. The van der Waals surface area contributed by atoms with Gasteiger partial charge in [-0.05, 0) is 56.2 Å². The van der Waals surface area contributed by atoms with Gasteiger partial charge in [-0.3, -0.25) is 0 Å². The van der Waals surface area contributed by atoms with Crippen LogP contribution in [0.3, 0.4) is 0 Å². The zero-order chi connectivity index (χ0) is 24.6. The zero-order valence-corrected chi connectivity index (χ0v) is 21.3.